The summed E-state index contributed by atoms with van der Waals surface area (Å²) in [5.74, 6) is -0.122. The van der Waals surface area contributed by atoms with Crippen molar-refractivity contribution in [3.63, 3.8) is 0 Å². The van der Waals surface area contributed by atoms with Crippen LogP contribution in [0.5, 0.6) is 0 Å². The predicted octanol–water partition coefficient (Wildman–Crippen LogP) is 2.31. The quantitative estimate of drug-likeness (QED) is 0.940. The Morgan fingerprint density at radius 3 is 2.57 bits per heavy atom. The van der Waals surface area contributed by atoms with E-state index in [4.69, 9.17) is 0 Å². The van der Waals surface area contributed by atoms with E-state index in [9.17, 15) is 13.2 Å². The van der Waals surface area contributed by atoms with Crippen molar-refractivity contribution in [2.24, 2.45) is 17.8 Å². The van der Waals surface area contributed by atoms with Crippen LogP contribution in [0.25, 0.3) is 10.2 Å². The van der Waals surface area contributed by atoms with Gasteiger partial charge in [-0.15, -0.1) is 11.3 Å². The topological polar surface area (TPSA) is 76.1 Å². The third kappa shape index (κ3) is 2.55. The minimum Gasteiger partial charge on any atom is -0.274 e. The molecule has 0 bridgehead atoms. The second-order valence-corrected chi connectivity index (χ2v) is 8.49. The standard InChI is InChI=1S/C14H16N2O3S2/c1-7-8(2)13(7)14(17)16-21(18,19)10-4-5-11-12(6-10)20-9(3)15-11/h4-8,13H,1-3H3,(H,16,17)/t7-,8-/m1/s1. The number of carbonyl (C=O) groups excluding carboxylic acids is 1. The monoisotopic (exact) mass is 324 g/mol. The molecular weight excluding hydrogens is 308 g/mol. The van der Waals surface area contributed by atoms with Gasteiger partial charge in [0.15, 0.2) is 0 Å². The summed E-state index contributed by atoms with van der Waals surface area (Å²) in [7, 11) is -3.81. The Balaban J connectivity index is 1.87. The first-order valence-corrected chi connectivity index (χ1v) is 9.03. The molecule has 21 heavy (non-hydrogen) atoms. The third-order valence-electron chi connectivity index (χ3n) is 4.14. The Bertz CT molecular complexity index is 818. The van der Waals surface area contributed by atoms with Crippen molar-refractivity contribution < 1.29 is 13.2 Å². The van der Waals surface area contributed by atoms with Crippen molar-refractivity contribution in [2.75, 3.05) is 0 Å². The molecule has 1 fully saturated rings. The van der Waals surface area contributed by atoms with Crippen molar-refractivity contribution in [3.05, 3.63) is 23.2 Å². The van der Waals surface area contributed by atoms with Crippen molar-refractivity contribution in [3.8, 4) is 0 Å². The van der Waals surface area contributed by atoms with Crippen molar-refractivity contribution in [1.29, 1.82) is 0 Å². The van der Waals surface area contributed by atoms with E-state index in [1.807, 2.05) is 20.8 Å². The van der Waals surface area contributed by atoms with Crippen LogP contribution in [0.1, 0.15) is 18.9 Å². The molecule has 7 heteroatoms. The SMILES string of the molecule is Cc1nc2ccc(S(=O)(=O)NC(=O)C3[C@H](C)[C@H]3C)cc2s1. The maximum atomic E-state index is 12.3. The highest BCUT2D eigenvalue weighted by molar-refractivity contribution is 7.90. The zero-order chi connectivity index (χ0) is 15.4. The molecule has 0 saturated heterocycles. The fourth-order valence-electron chi connectivity index (χ4n) is 2.59. The van der Waals surface area contributed by atoms with Gasteiger partial charge in [0.2, 0.25) is 5.91 Å². The molecule has 1 aromatic carbocycles. The molecule has 0 aliphatic heterocycles. The number of fused-ring (bicyclic) bond motifs is 1. The summed E-state index contributed by atoms with van der Waals surface area (Å²) >= 11 is 1.43. The molecule has 1 saturated carbocycles. The Morgan fingerprint density at radius 2 is 1.95 bits per heavy atom. The van der Waals surface area contributed by atoms with Gasteiger partial charge < -0.3 is 0 Å². The largest absolute Gasteiger partial charge is 0.274 e. The van der Waals surface area contributed by atoms with Crippen LogP contribution in [-0.2, 0) is 14.8 Å². The highest BCUT2D eigenvalue weighted by Gasteiger charge is 2.49. The van der Waals surface area contributed by atoms with Gasteiger partial charge in [0.25, 0.3) is 10.0 Å². The summed E-state index contributed by atoms with van der Waals surface area (Å²) in [4.78, 5) is 16.4. The average Bonchev–Trinajstić information content (AvgIpc) is 2.82. The van der Waals surface area contributed by atoms with Crippen LogP contribution in [0, 0.1) is 24.7 Å². The number of nitrogens with zero attached hydrogens (tertiary/aromatic N) is 1. The number of nitrogens with one attached hydrogen (secondary N) is 1. The van der Waals surface area contributed by atoms with Gasteiger partial charge in [-0.2, -0.15) is 0 Å². The smallest absolute Gasteiger partial charge is 0.264 e. The van der Waals surface area contributed by atoms with Gasteiger partial charge in [-0.05, 0) is 37.0 Å². The number of aryl methyl sites for hydroxylation is 1. The fraction of sp³-hybridized carbons (Fsp3) is 0.429. The molecule has 0 spiro atoms. The molecule has 3 rings (SSSR count). The minimum atomic E-state index is -3.81. The van der Waals surface area contributed by atoms with Crippen LogP contribution in [0.2, 0.25) is 0 Å². The number of benzene rings is 1. The molecule has 0 unspecified atom stereocenters. The Labute approximate surface area is 127 Å². The van der Waals surface area contributed by atoms with E-state index in [1.54, 1.807) is 12.1 Å². The minimum absolute atomic E-state index is 0.105. The summed E-state index contributed by atoms with van der Waals surface area (Å²) < 4.78 is 27.6. The Kier molecular flexibility index (Phi) is 3.29. The summed E-state index contributed by atoms with van der Waals surface area (Å²) in [5.41, 5.74) is 0.771. The lowest BCUT2D eigenvalue weighted by Gasteiger charge is -2.06. The summed E-state index contributed by atoms with van der Waals surface area (Å²) in [6.07, 6.45) is 0. The molecule has 1 N–H and O–H groups in total. The maximum Gasteiger partial charge on any atom is 0.264 e. The van der Waals surface area contributed by atoms with Crippen LogP contribution >= 0.6 is 11.3 Å². The van der Waals surface area contributed by atoms with Gasteiger partial charge in [0, 0.05) is 5.92 Å². The molecule has 1 heterocycles. The normalized spacial score (nSPS) is 25.0. The average molecular weight is 324 g/mol. The van der Waals surface area contributed by atoms with E-state index in [0.717, 1.165) is 15.2 Å². The van der Waals surface area contributed by atoms with Crippen molar-refractivity contribution in [2.45, 2.75) is 25.7 Å². The number of rotatable bonds is 3. The van der Waals surface area contributed by atoms with E-state index in [-0.39, 0.29) is 22.6 Å². The van der Waals surface area contributed by atoms with E-state index >= 15 is 0 Å². The number of carbonyl (C=O) groups is 1. The molecule has 5 nitrogen and oxygen atoms in total. The molecule has 1 aliphatic rings. The van der Waals surface area contributed by atoms with Gasteiger partial charge in [-0.1, -0.05) is 13.8 Å². The van der Waals surface area contributed by atoms with Gasteiger partial charge in [0.1, 0.15) is 0 Å². The summed E-state index contributed by atoms with van der Waals surface area (Å²) in [6, 6.07) is 4.71. The van der Waals surface area contributed by atoms with Crippen LogP contribution in [0.4, 0.5) is 0 Å². The van der Waals surface area contributed by atoms with Gasteiger partial charge in [-0.25, -0.2) is 18.1 Å². The van der Waals surface area contributed by atoms with Crippen molar-refractivity contribution in [1.82, 2.24) is 9.71 Å². The zero-order valence-corrected chi connectivity index (χ0v) is 13.6. The lowest BCUT2D eigenvalue weighted by molar-refractivity contribution is -0.121. The highest BCUT2D eigenvalue weighted by Crippen LogP contribution is 2.45. The van der Waals surface area contributed by atoms with E-state index < -0.39 is 15.9 Å². The van der Waals surface area contributed by atoms with Gasteiger partial charge in [-0.3, -0.25) is 4.79 Å². The number of thiazole rings is 1. The molecule has 2 atom stereocenters. The first-order valence-electron chi connectivity index (χ1n) is 6.73. The molecule has 0 radical (unpaired) electrons. The highest BCUT2D eigenvalue weighted by atomic mass is 32.2. The van der Waals surface area contributed by atoms with Gasteiger partial charge in [0.05, 0.1) is 20.1 Å². The van der Waals surface area contributed by atoms with Gasteiger partial charge >= 0.3 is 0 Å². The van der Waals surface area contributed by atoms with Crippen LogP contribution in [-0.4, -0.2) is 19.3 Å². The van der Waals surface area contributed by atoms with E-state index in [1.165, 1.54) is 17.4 Å². The number of amides is 1. The first-order chi connectivity index (χ1) is 9.79. The molecule has 2 aromatic rings. The Hall–Kier alpha value is -1.47. The number of aromatic nitrogens is 1. The lowest BCUT2D eigenvalue weighted by Crippen LogP contribution is -2.32. The second-order valence-electron chi connectivity index (χ2n) is 5.58. The van der Waals surface area contributed by atoms with E-state index in [2.05, 4.69) is 9.71 Å². The number of sulfonamides is 1. The predicted molar refractivity (Wildman–Crippen MR) is 81.5 cm³/mol. The molecule has 1 amide bonds. The maximum absolute atomic E-state index is 12.3. The van der Waals surface area contributed by atoms with Crippen molar-refractivity contribution >= 4 is 37.5 Å². The molecule has 1 aromatic heterocycles. The van der Waals surface area contributed by atoms with Crippen LogP contribution in [0.15, 0.2) is 23.1 Å². The van der Waals surface area contributed by atoms with Crippen LogP contribution in [0.3, 0.4) is 0 Å². The number of hydrogen-bond donors (Lipinski definition) is 1. The summed E-state index contributed by atoms with van der Waals surface area (Å²) in [6.45, 7) is 5.78. The fourth-order valence-corrected chi connectivity index (χ4v) is 4.57. The lowest BCUT2D eigenvalue weighted by atomic mass is 10.3. The summed E-state index contributed by atoms with van der Waals surface area (Å²) in [5, 5.41) is 0.879. The van der Waals surface area contributed by atoms with Crippen LogP contribution < -0.4 is 4.72 Å². The zero-order valence-electron chi connectivity index (χ0n) is 12.0. The molecular formula is C14H16N2O3S2. The second kappa shape index (κ2) is 4.78. The first kappa shape index (κ1) is 14.5. The molecule has 112 valence electrons. The number of hydrogen-bond acceptors (Lipinski definition) is 5. The van der Waals surface area contributed by atoms with E-state index in [0.29, 0.717) is 0 Å². The third-order valence-corrected chi connectivity index (χ3v) is 6.41. The molecule has 1 aliphatic carbocycles. The Morgan fingerprint density at radius 1 is 1.29 bits per heavy atom.